The monoisotopic (exact) mass is 533 g/mol. The second-order valence-electron chi connectivity index (χ2n) is 9.24. The van der Waals surface area contributed by atoms with Crippen molar-refractivity contribution in [2.75, 3.05) is 16.8 Å². The summed E-state index contributed by atoms with van der Waals surface area (Å²) in [4.78, 5) is 34.6. The number of urea groups is 1. The van der Waals surface area contributed by atoms with E-state index in [0.29, 0.717) is 18.9 Å². The molecule has 0 bridgehead atoms. The van der Waals surface area contributed by atoms with Gasteiger partial charge in [-0.15, -0.1) is 0 Å². The van der Waals surface area contributed by atoms with Gasteiger partial charge < -0.3 is 4.98 Å². The highest BCUT2D eigenvalue weighted by Crippen LogP contribution is 2.47. The molecule has 3 N–H and O–H groups in total. The lowest BCUT2D eigenvalue weighted by molar-refractivity contribution is 0.252. The third-order valence-electron chi connectivity index (χ3n) is 6.40. The van der Waals surface area contributed by atoms with Crippen LogP contribution in [-0.4, -0.2) is 33.5 Å². The number of aryl methyl sites for hydroxylation is 2. The van der Waals surface area contributed by atoms with Crippen molar-refractivity contribution in [1.82, 2.24) is 20.3 Å². The Bertz CT molecular complexity index is 1650. The van der Waals surface area contributed by atoms with Crippen molar-refractivity contribution in [2.45, 2.75) is 30.1 Å². The van der Waals surface area contributed by atoms with Crippen LogP contribution in [0.25, 0.3) is 10.9 Å². The predicted octanol–water partition coefficient (Wildman–Crippen LogP) is 6.60. The van der Waals surface area contributed by atoms with Gasteiger partial charge in [-0.25, -0.2) is 14.8 Å². The van der Waals surface area contributed by atoms with Crippen LogP contribution in [0, 0.1) is 13.8 Å². The maximum absolute atomic E-state index is 13.9. The number of amides is 2. The lowest BCUT2D eigenvalue weighted by atomic mass is 10.1. The number of guanidine groups is 1. The molecule has 9 heteroatoms. The van der Waals surface area contributed by atoms with E-state index in [4.69, 9.17) is 4.99 Å². The summed E-state index contributed by atoms with van der Waals surface area (Å²) in [5.74, 6) is 0.673. The van der Waals surface area contributed by atoms with E-state index in [2.05, 4.69) is 37.7 Å². The number of fused-ring (bicyclic) bond motifs is 3. The van der Waals surface area contributed by atoms with E-state index in [-0.39, 0.29) is 12.0 Å². The van der Waals surface area contributed by atoms with Crippen LogP contribution in [0.4, 0.5) is 22.1 Å². The first-order valence-electron chi connectivity index (χ1n) is 12.7. The molecule has 1 aliphatic heterocycles. The van der Waals surface area contributed by atoms with E-state index in [1.54, 1.807) is 16.7 Å². The van der Waals surface area contributed by atoms with E-state index in [1.165, 1.54) is 10.9 Å². The number of hydrogen-bond acceptors (Lipinski definition) is 5. The molecule has 0 saturated heterocycles. The molecule has 0 radical (unpaired) electrons. The highest BCUT2D eigenvalue weighted by Gasteiger charge is 2.28. The lowest BCUT2D eigenvalue weighted by Gasteiger charge is -2.31. The first kappa shape index (κ1) is 24.7. The van der Waals surface area contributed by atoms with Gasteiger partial charge in [-0.3, -0.25) is 20.5 Å². The van der Waals surface area contributed by atoms with Crippen molar-refractivity contribution in [2.24, 2.45) is 4.99 Å². The molecule has 0 aliphatic carbocycles. The fraction of sp³-hybridized carbons (Fsp3) is 0.133. The average molecular weight is 534 g/mol. The minimum absolute atomic E-state index is 0.290. The maximum Gasteiger partial charge on any atom is 0.333 e. The van der Waals surface area contributed by atoms with E-state index >= 15 is 0 Å². The van der Waals surface area contributed by atoms with Crippen molar-refractivity contribution in [3.63, 3.8) is 0 Å². The zero-order valence-corrected chi connectivity index (χ0v) is 22.4. The second kappa shape index (κ2) is 10.6. The van der Waals surface area contributed by atoms with Gasteiger partial charge >= 0.3 is 6.03 Å². The molecule has 1 aliphatic rings. The number of hydrogen-bond donors (Lipinski definition) is 3. The Morgan fingerprint density at radius 3 is 2.28 bits per heavy atom. The number of H-pyrrole nitrogens is 1. The Kier molecular flexibility index (Phi) is 6.73. The number of benzene rings is 3. The van der Waals surface area contributed by atoms with Gasteiger partial charge in [0.05, 0.1) is 11.4 Å². The third kappa shape index (κ3) is 5.21. The molecule has 0 spiro atoms. The summed E-state index contributed by atoms with van der Waals surface area (Å²) in [6.45, 7) is 4.27. The maximum atomic E-state index is 13.9. The van der Waals surface area contributed by atoms with Gasteiger partial charge in [0.2, 0.25) is 11.9 Å². The van der Waals surface area contributed by atoms with Crippen molar-refractivity contribution in [3.8, 4) is 0 Å². The molecule has 0 saturated carbocycles. The van der Waals surface area contributed by atoms with E-state index in [0.717, 1.165) is 38.1 Å². The van der Waals surface area contributed by atoms with Crippen LogP contribution in [0.2, 0.25) is 0 Å². The zero-order chi connectivity index (χ0) is 26.8. The van der Waals surface area contributed by atoms with E-state index in [9.17, 15) is 4.79 Å². The van der Waals surface area contributed by atoms with Gasteiger partial charge in [0.15, 0.2) is 0 Å². The standard InChI is InChI=1S/C30H27N7OS/c1-19-17-20(2)34-29(33-19)35-28(31-16-15-21-18-32-23-10-4-3-9-22(21)23)36-30(38)37-24-11-5-7-13-26(24)39-27-14-8-6-12-25(27)37/h3-14,17-18,32H,15-16H2,1-2H3,(H2,31,33,34,35,36,38). The van der Waals surface area contributed by atoms with Crippen LogP contribution in [0.5, 0.6) is 0 Å². The quantitative estimate of drug-likeness (QED) is 0.179. The fourth-order valence-electron chi connectivity index (χ4n) is 4.71. The normalized spacial score (nSPS) is 12.7. The summed E-state index contributed by atoms with van der Waals surface area (Å²) < 4.78 is 0. The van der Waals surface area contributed by atoms with Crippen molar-refractivity contribution in [3.05, 3.63) is 102 Å². The molecule has 0 fully saturated rings. The first-order valence-corrected chi connectivity index (χ1v) is 13.5. The molecule has 2 amide bonds. The number of nitrogens with zero attached hydrogens (tertiary/aromatic N) is 4. The number of aromatic nitrogens is 3. The molecule has 6 rings (SSSR count). The lowest BCUT2D eigenvalue weighted by Crippen LogP contribution is -2.44. The van der Waals surface area contributed by atoms with Gasteiger partial charge in [0, 0.05) is 44.8 Å². The predicted molar refractivity (Wildman–Crippen MR) is 157 cm³/mol. The number of nitrogens with one attached hydrogen (secondary N) is 3. The van der Waals surface area contributed by atoms with Gasteiger partial charge in [0.1, 0.15) is 0 Å². The largest absolute Gasteiger partial charge is 0.361 e. The summed E-state index contributed by atoms with van der Waals surface area (Å²) in [5, 5.41) is 7.32. The molecule has 3 heterocycles. The van der Waals surface area contributed by atoms with Crippen molar-refractivity contribution < 1.29 is 4.79 Å². The van der Waals surface area contributed by atoms with Crippen molar-refractivity contribution >= 4 is 52.0 Å². The summed E-state index contributed by atoms with van der Waals surface area (Å²) in [6, 6.07) is 25.5. The Balaban J connectivity index is 1.30. The summed E-state index contributed by atoms with van der Waals surface area (Å²) in [5.41, 5.74) is 5.54. The number of aromatic amines is 1. The Morgan fingerprint density at radius 1 is 0.923 bits per heavy atom. The number of rotatable bonds is 4. The zero-order valence-electron chi connectivity index (χ0n) is 21.6. The van der Waals surface area contributed by atoms with Gasteiger partial charge in [-0.1, -0.05) is 54.2 Å². The van der Waals surface area contributed by atoms with Crippen LogP contribution in [-0.2, 0) is 6.42 Å². The van der Waals surface area contributed by atoms with Crippen LogP contribution in [0.1, 0.15) is 17.0 Å². The van der Waals surface area contributed by atoms with Crippen LogP contribution >= 0.6 is 11.8 Å². The molecule has 0 atom stereocenters. The van der Waals surface area contributed by atoms with Crippen LogP contribution in [0.3, 0.4) is 0 Å². The van der Waals surface area contributed by atoms with Crippen LogP contribution < -0.4 is 15.5 Å². The highest BCUT2D eigenvalue weighted by atomic mass is 32.2. The number of carbonyl (C=O) groups is 1. The molecular weight excluding hydrogens is 506 g/mol. The van der Waals surface area contributed by atoms with Gasteiger partial charge in [-0.05, 0) is 62.2 Å². The van der Waals surface area contributed by atoms with Crippen molar-refractivity contribution in [1.29, 1.82) is 0 Å². The first-order chi connectivity index (χ1) is 19.0. The van der Waals surface area contributed by atoms with Gasteiger partial charge in [-0.2, -0.15) is 0 Å². The average Bonchev–Trinajstić information content (AvgIpc) is 3.34. The molecule has 0 unspecified atom stereocenters. The number of para-hydroxylation sites is 3. The smallest absolute Gasteiger partial charge is 0.333 e. The third-order valence-corrected chi connectivity index (χ3v) is 7.53. The number of anilines is 3. The molecular formula is C30H27N7OS. The van der Waals surface area contributed by atoms with E-state index in [1.807, 2.05) is 86.8 Å². The molecule has 8 nitrogen and oxygen atoms in total. The fourth-order valence-corrected chi connectivity index (χ4v) is 5.76. The topological polar surface area (TPSA) is 98.3 Å². The molecule has 2 aromatic heterocycles. The molecule has 5 aromatic rings. The second-order valence-corrected chi connectivity index (χ2v) is 10.3. The Hall–Kier alpha value is -4.63. The minimum atomic E-state index is -0.321. The summed E-state index contributed by atoms with van der Waals surface area (Å²) in [7, 11) is 0. The Labute approximate surface area is 230 Å². The van der Waals surface area contributed by atoms with Crippen LogP contribution in [0.15, 0.2) is 99.8 Å². The highest BCUT2D eigenvalue weighted by molar-refractivity contribution is 7.99. The molecule has 3 aromatic carbocycles. The molecule has 39 heavy (non-hydrogen) atoms. The molecule has 194 valence electrons. The SMILES string of the molecule is Cc1cc(C)nc(NC(=NCCc2c[nH]c3ccccc23)NC(=O)N2c3ccccc3Sc3ccccc32)n1. The Morgan fingerprint density at radius 2 is 1.56 bits per heavy atom. The van der Waals surface area contributed by atoms with E-state index < -0.39 is 0 Å². The minimum Gasteiger partial charge on any atom is -0.361 e. The summed E-state index contributed by atoms with van der Waals surface area (Å²) >= 11 is 1.65. The van der Waals surface area contributed by atoms with Gasteiger partial charge in [0.25, 0.3) is 0 Å². The number of aliphatic imine (C=N–C) groups is 1. The summed E-state index contributed by atoms with van der Waals surface area (Å²) in [6.07, 6.45) is 2.71. The number of carbonyl (C=O) groups excluding carboxylic acids is 1.